The Morgan fingerprint density at radius 3 is 2.47 bits per heavy atom. The number of nitrogens with one attached hydrogen (secondary N) is 1. The van der Waals surface area contributed by atoms with Crippen LogP contribution >= 0.6 is 0 Å². The van der Waals surface area contributed by atoms with E-state index in [9.17, 15) is 4.79 Å². The average Bonchev–Trinajstić information content (AvgIpc) is 3.23. The molecule has 1 aliphatic heterocycles. The third-order valence-electron chi connectivity index (χ3n) is 5.92. The number of benzene rings is 3. The molecule has 3 aromatic carbocycles. The molecular weight excluding hydrogens is 396 g/mol. The van der Waals surface area contributed by atoms with Gasteiger partial charge >= 0.3 is 0 Å². The number of hydrogen-bond donors (Lipinski definition) is 1. The SMILES string of the molecule is O=C1CCN(Cc2ccccc2)C/C1=C\c1c[nH]c2ccc(OCc3ccccc3)cc12. The Balaban J connectivity index is 1.35. The molecule has 0 aliphatic carbocycles. The van der Waals surface area contributed by atoms with Gasteiger partial charge in [-0.2, -0.15) is 0 Å². The maximum Gasteiger partial charge on any atom is 0.161 e. The second-order valence-corrected chi connectivity index (χ2v) is 8.26. The molecule has 0 unspecified atom stereocenters. The van der Waals surface area contributed by atoms with Gasteiger partial charge < -0.3 is 9.72 Å². The third kappa shape index (κ3) is 4.66. The van der Waals surface area contributed by atoms with Crippen molar-refractivity contribution in [2.45, 2.75) is 19.6 Å². The molecule has 0 atom stereocenters. The Bertz CT molecular complexity index is 1240. The van der Waals surface area contributed by atoms with Crippen molar-refractivity contribution in [3.05, 3.63) is 107 Å². The molecule has 4 heteroatoms. The number of hydrogen-bond acceptors (Lipinski definition) is 3. The Labute approximate surface area is 188 Å². The summed E-state index contributed by atoms with van der Waals surface area (Å²) in [7, 11) is 0. The van der Waals surface area contributed by atoms with Gasteiger partial charge in [0.15, 0.2) is 5.78 Å². The van der Waals surface area contributed by atoms with Gasteiger partial charge in [0.05, 0.1) is 0 Å². The first-order valence-corrected chi connectivity index (χ1v) is 11.0. The standard InChI is InChI=1S/C28H26N2O2/c31-28-13-14-30(18-21-7-3-1-4-8-21)19-24(28)15-23-17-29-27-12-11-25(16-26(23)27)32-20-22-9-5-2-6-10-22/h1-12,15-17,29H,13-14,18-20H2/b24-15+. The molecule has 160 valence electrons. The number of aromatic amines is 1. The van der Waals surface area contributed by atoms with Crippen molar-refractivity contribution in [2.24, 2.45) is 0 Å². The number of fused-ring (bicyclic) bond motifs is 1. The van der Waals surface area contributed by atoms with Crippen molar-refractivity contribution >= 4 is 22.8 Å². The minimum absolute atomic E-state index is 0.236. The Morgan fingerprint density at radius 1 is 0.938 bits per heavy atom. The van der Waals surface area contributed by atoms with Gasteiger partial charge in [0.2, 0.25) is 0 Å². The molecule has 0 radical (unpaired) electrons. The first-order chi connectivity index (χ1) is 15.7. The van der Waals surface area contributed by atoms with E-state index in [2.05, 4.69) is 52.3 Å². The van der Waals surface area contributed by atoms with E-state index in [1.54, 1.807) is 0 Å². The van der Waals surface area contributed by atoms with Crippen LogP contribution in [0.15, 0.2) is 90.6 Å². The normalized spacial score (nSPS) is 16.0. The van der Waals surface area contributed by atoms with Crippen LogP contribution in [0.1, 0.15) is 23.1 Å². The van der Waals surface area contributed by atoms with Crippen LogP contribution in [-0.4, -0.2) is 28.8 Å². The molecule has 32 heavy (non-hydrogen) atoms. The lowest BCUT2D eigenvalue weighted by molar-refractivity contribution is -0.117. The molecule has 1 saturated heterocycles. The van der Waals surface area contributed by atoms with Crippen molar-refractivity contribution in [1.29, 1.82) is 0 Å². The van der Waals surface area contributed by atoms with Crippen molar-refractivity contribution in [3.8, 4) is 5.75 Å². The molecule has 2 heterocycles. The predicted octanol–water partition coefficient (Wildman–Crippen LogP) is 5.61. The summed E-state index contributed by atoms with van der Waals surface area (Å²) in [5, 5.41) is 1.07. The first kappa shape index (κ1) is 20.3. The number of H-pyrrole nitrogens is 1. The van der Waals surface area contributed by atoms with E-state index in [1.807, 2.05) is 48.7 Å². The molecule has 1 aromatic heterocycles. The van der Waals surface area contributed by atoms with E-state index in [1.165, 1.54) is 5.56 Å². The lowest BCUT2D eigenvalue weighted by atomic mass is 9.99. The van der Waals surface area contributed by atoms with Gasteiger partial charge in [0.1, 0.15) is 12.4 Å². The van der Waals surface area contributed by atoms with E-state index in [0.717, 1.165) is 46.4 Å². The summed E-state index contributed by atoms with van der Waals surface area (Å²) in [5.41, 5.74) is 5.33. The summed E-state index contributed by atoms with van der Waals surface area (Å²) in [5.74, 6) is 1.06. The summed E-state index contributed by atoms with van der Waals surface area (Å²) in [6, 6.07) is 26.6. The smallest absolute Gasteiger partial charge is 0.161 e. The summed E-state index contributed by atoms with van der Waals surface area (Å²) in [6.07, 6.45) is 4.58. The molecule has 4 nitrogen and oxygen atoms in total. The Morgan fingerprint density at radius 2 is 1.69 bits per heavy atom. The highest BCUT2D eigenvalue weighted by molar-refractivity contribution is 6.03. The van der Waals surface area contributed by atoms with Gasteiger partial charge in [0, 0.05) is 54.3 Å². The van der Waals surface area contributed by atoms with E-state index in [0.29, 0.717) is 19.6 Å². The highest BCUT2D eigenvalue weighted by Crippen LogP contribution is 2.27. The zero-order chi connectivity index (χ0) is 21.8. The number of likely N-dealkylation sites (tertiary alicyclic amines) is 1. The van der Waals surface area contributed by atoms with E-state index >= 15 is 0 Å². The zero-order valence-electron chi connectivity index (χ0n) is 18.0. The molecule has 0 bridgehead atoms. The predicted molar refractivity (Wildman–Crippen MR) is 128 cm³/mol. The van der Waals surface area contributed by atoms with Crippen LogP contribution in [-0.2, 0) is 17.9 Å². The summed E-state index contributed by atoms with van der Waals surface area (Å²) in [4.78, 5) is 18.3. The van der Waals surface area contributed by atoms with Crippen LogP contribution in [0.5, 0.6) is 5.75 Å². The fourth-order valence-electron chi connectivity index (χ4n) is 4.19. The second-order valence-electron chi connectivity index (χ2n) is 8.26. The highest BCUT2D eigenvalue weighted by Gasteiger charge is 2.21. The molecule has 0 amide bonds. The van der Waals surface area contributed by atoms with E-state index < -0.39 is 0 Å². The fraction of sp³-hybridized carbons (Fsp3) is 0.179. The fourth-order valence-corrected chi connectivity index (χ4v) is 4.19. The molecular formula is C28H26N2O2. The van der Waals surface area contributed by atoms with Crippen molar-refractivity contribution < 1.29 is 9.53 Å². The van der Waals surface area contributed by atoms with Gasteiger partial charge in [-0.15, -0.1) is 0 Å². The van der Waals surface area contributed by atoms with Crippen LogP contribution in [0.25, 0.3) is 17.0 Å². The number of Topliss-reactive ketones (excluding diaryl/α,β-unsaturated/α-hetero) is 1. The monoisotopic (exact) mass is 422 g/mol. The molecule has 1 N–H and O–H groups in total. The molecule has 5 rings (SSSR count). The number of piperidine rings is 1. The lowest BCUT2D eigenvalue weighted by Crippen LogP contribution is -2.35. The Kier molecular flexibility index (Phi) is 5.86. The summed E-state index contributed by atoms with van der Waals surface area (Å²) in [6.45, 7) is 2.86. The molecule has 4 aromatic rings. The van der Waals surface area contributed by atoms with Crippen LogP contribution in [0.2, 0.25) is 0 Å². The number of carbonyl (C=O) groups excluding carboxylic acids is 1. The Hall–Kier alpha value is -3.63. The number of aromatic nitrogens is 1. The second kappa shape index (κ2) is 9.25. The molecule has 1 fully saturated rings. The third-order valence-corrected chi connectivity index (χ3v) is 5.92. The summed E-state index contributed by atoms with van der Waals surface area (Å²) < 4.78 is 6.01. The maximum atomic E-state index is 12.7. The van der Waals surface area contributed by atoms with Crippen LogP contribution < -0.4 is 4.74 Å². The van der Waals surface area contributed by atoms with E-state index in [-0.39, 0.29) is 5.78 Å². The highest BCUT2D eigenvalue weighted by atomic mass is 16.5. The van der Waals surface area contributed by atoms with Crippen LogP contribution in [0.4, 0.5) is 0 Å². The number of nitrogens with zero attached hydrogens (tertiary/aromatic N) is 1. The summed E-state index contributed by atoms with van der Waals surface area (Å²) >= 11 is 0. The van der Waals surface area contributed by atoms with Gasteiger partial charge in [0.25, 0.3) is 0 Å². The minimum atomic E-state index is 0.236. The van der Waals surface area contributed by atoms with Crippen molar-refractivity contribution in [2.75, 3.05) is 13.1 Å². The van der Waals surface area contributed by atoms with Gasteiger partial charge in [-0.3, -0.25) is 9.69 Å². The molecule has 1 aliphatic rings. The number of ether oxygens (including phenoxy) is 1. The zero-order valence-corrected chi connectivity index (χ0v) is 18.0. The lowest BCUT2D eigenvalue weighted by Gasteiger charge is -2.27. The van der Waals surface area contributed by atoms with Crippen molar-refractivity contribution in [1.82, 2.24) is 9.88 Å². The number of rotatable bonds is 6. The first-order valence-electron chi connectivity index (χ1n) is 11.0. The van der Waals surface area contributed by atoms with Crippen LogP contribution in [0.3, 0.4) is 0 Å². The van der Waals surface area contributed by atoms with E-state index in [4.69, 9.17) is 4.74 Å². The van der Waals surface area contributed by atoms with Crippen LogP contribution in [0, 0.1) is 0 Å². The van der Waals surface area contributed by atoms with Gasteiger partial charge in [-0.1, -0.05) is 60.7 Å². The number of carbonyl (C=O) groups is 1. The van der Waals surface area contributed by atoms with Crippen molar-refractivity contribution in [3.63, 3.8) is 0 Å². The van der Waals surface area contributed by atoms with Gasteiger partial charge in [-0.05, 0) is 35.4 Å². The minimum Gasteiger partial charge on any atom is -0.489 e. The largest absolute Gasteiger partial charge is 0.489 e. The topological polar surface area (TPSA) is 45.3 Å². The molecule has 0 saturated carbocycles. The average molecular weight is 423 g/mol. The maximum absolute atomic E-state index is 12.7. The quantitative estimate of drug-likeness (QED) is 0.411. The molecule has 0 spiro atoms. The van der Waals surface area contributed by atoms with Gasteiger partial charge in [-0.25, -0.2) is 0 Å². The number of ketones is 1.